The molecule has 0 bridgehead atoms. The number of carbonyl (C=O) groups excluding carboxylic acids is 1. The second kappa shape index (κ2) is 6.27. The molecule has 0 saturated heterocycles. The third-order valence-corrected chi connectivity index (χ3v) is 2.42. The van der Waals surface area contributed by atoms with Crippen LogP contribution in [-0.4, -0.2) is 17.4 Å². The van der Waals surface area contributed by atoms with Gasteiger partial charge in [-0.05, 0) is 18.1 Å². The van der Waals surface area contributed by atoms with E-state index >= 15 is 0 Å². The number of nitrogens with zero attached hydrogens (tertiary/aromatic N) is 1. The predicted octanol–water partition coefficient (Wildman–Crippen LogP) is 2.61. The van der Waals surface area contributed by atoms with Crippen LogP contribution in [0, 0.1) is 12.3 Å². The number of carbonyl (C=O) groups is 1. The van der Waals surface area contributed by atoms with E-state index in [-0.39, 0.29) is 11.8 Å². The van der Waals surface area contributed by atoms with E-state index in [2.05, 4.69) is 16.2 Å². The molecule has 0 aliphatic carbocycles. The summed E-state index contributed by atoms with van der Waals surface area (Å²) in [5.41, 5.74) is 1.32. The molecule has 0 fully saturated rings. The molecule has 1 N–H and O–H groups in total. The maximum atomic E-state index is 11.8. The number of halogens is 1. The largest absolute Gasteiger partial charge is 0.351 e. The third kappa shape index (κ3) is 4.08. The zero-order chi connectivity index (χ0) is 12.8. The van der Waals surface area contributed by atoms with Gasteiger partial charge in [-0.3, -0.25) is 4.79 Å². The van der Waals surface area contributed by atoms with Crippen molar-refractivity contribution in [1.29, 1.82) is 0 Å². The van der Waals surface area contributed by atoms with Gasteiger partial charge < -0.3 is 5.32 Å². The van der Waals surface area contributed by atoms with Crippen molar-refractivity contribution in [2.75, 3.05) is 6.54 Å². The van der Waals surface area contributed by atoms with Gasteiger partial charge in [0.15, 0.2) is 0 Å². The molecule has 90 valence electrons. The van der Waals surface area contributed by atoms with E-state index in [0.717, 1.165) is 5.69 Å². The molecular formula is C13H15ClN2O. The molecule has 0 radical (unpaired) electrons. The van der Waals surface area contributed by atoms with Crippen LogP contribution in [0.15, 0.2) is 12.1 Å². The summed E-state index contributed by atoms with van der Waals surface area (Å²) >= 11 is 5.88. The van der Waals surface area contributed by atoms with E-state index in [0.29, 0.717) is 23.7 Å². The number of hydrogen-bond acceptors (Lipinski definition) is 2. The van der Waals surface area contributed by atoms with Crippen molar-refractivity contribution < 1.29 is 4.79 Å². The molecule has 1 rings (SSSR count). The summed E-state index contributed by atoms with van der Waals surface area (Å²) in [6.07, 6.45) is 5.62. The van der Waals surface area contributed by atoms with Crippen LogP contribution in [0.4, 0.5) is 0 Å². The van der Waals surface area contributed by atoms with Gasteiger partial charge >= 0.3 is 0 Å². The van der Waals surface area contributed by atoms with Crippen LogP contribution in [0.3, 0.4) is 0 Å². The lowest BCUT2D eigenvalue weighted by atomic mass is 10.1. The molecular weight excluding hydrogens is 236 g/mol. The highest BCUT2D eigenvalue weighted by atomic mass is 35.5. The van der Waals surface area contributed by atoms with Crippen molar-refractivity contribution in [3.63, 3.8) is 0 Å². The number of rotatable bonds is 4. The highest BCUT2D eigenvalue weighted by Crippen LogP contribution is 2.17. The van der Waals surface area contributed by atoms with E-state index in [4.69, 9.17) is 18.0 Å². The second-order valence-electron chi connectivity index (χ2n) is 3.97. The molecule has 17 heavy (non-hydrogen) atoms. The molecule has 0 saturated carbocycles. The topological polar surface area (TPSA) is 42.0 Å². The minimum Gasteiger partial charge on any atom is -0.351 e. The van der Waals surface area contributed by atoms with E-state index < -0.39 is 0 Å². The minimum absolute atomic E-state index is 0.175. The molecule has 1 amide bonds. The molecule has 1 aromatic heterocycles. The Balaban J connectivity index is 2.83. The average Bonchev–Trinajstić information content (AvgIpc) is 2.28. The first-order chi connectivity index (χ1) is 8.04. The van der Waals surface area contributed by atoms with Crippen LogP contribution in [0.5, 0.6) is 0 Å². The van der Waals surface area contributed by atoms with Gasteiger partial charge in [-0.25, -0.2) is 4.98 Å². The highest BCUT2D eigenvalue weighted by molar-refractivity contribution is 6.29. The Morgan fingerprint density at radius 1 is 1.59 bits per heavy atom. The number of nitrogens with one attached hydrogen (secondary N) is 1. The van der Waals surface area contributed by atoms with E-state index in [1.54, 1.807) is 12.1 Å². The Kier molecular flexibility index (Phi) is 4.99. The summed E-state index contributed by atoms with van der Waals surface area (Å²) in [6, 6.07) is 3.31. The summed E-state index contributed by atoms with van der Waals surface area (Å²) in [7, 11) is 0. The Labute approximate surface area is 107 Å². The van der Waals surface area contributed by atoms with Crippen molar-refractivity contribution in [1.82, 2.24) is 10.3 Å². The molecule has 1 aromatic rings. The summed E-state index contributed by atoms with van der Waals surface area (Å²) in [5, 5.41) is 3.06. The van der Waals surface area contributed by atoms with Gasteiger partial charge in [-0.15, -0.1) is 12.3 Å². The first-order valence-corrected chi connectivity index (χ1v) is 5.81. The summed E-state index contributed by atoms with van der Waals surface area (Å²) in [5.74, 6) is 2.52. The zero-order valence-corrected chi connectivity index (χ0v) is 10.7. The van der Waals surface area contributed by atoms with Crippen molar-refractivity contribution in [2.24, 2.45) is 0 Å². The third-order valence-electron chi connectivity index (χ3n) is 2.22. The Morgan fingerprint density at radius 3 is 2.88 bits per heavy atom. The average molecular weight is 251 g/mol. The van der Waals surface area contributed by atoms with Crippen LogP contribution < -0.4 is 5.32 Å². The van der Waals surface area contributed by atoms with E-state index in [9.17, 15) is 4.79 Å². The van der Waals surface area contributed by atoms with Gasteiger partial charge in [-0.2, -0.15) is 0 Å². The number of amides is 1. The van der Waals surface area contributed by atoms with Gasteiger partial charge in [0.05, 0.1) is 0 Å². The lowest BCUT2D eigenvalue weighted by molar-refractivity contribution is 0.0954. The highest BCUT2D eigenvalue weighted by Gasteiger charge is 2.10. The van der Waals surface area contributed by atoms with Crippen LogP contribution in [0.25, 0.3) is 0 Å². The molecule has 1 heterocycles. The van der Waals surface area contributed by atoms with Crippen molar-refractivity contribution >= 4 is 17.5 Å². The van der Waals surface area contributed by atoms with E-state index in [1.807, 2.05) is 13.8 Å². The first-order valence-electron chi connectivity index (χ1n) is 5.43. The van der Waals surface area contributed by atoms with Crippen LogP contribution in [-0.2, 0) is 0 Å². The van der Waals surface area contributed by atoms with Crippen molar-refractivity contribution in [2.45, 2.75) is 26.2 Å². The quantitative estimate of drug-likeness (QED) is 0.507. The summed E-state index contributed by atoms with van der Waals surface area (Å²) in [6.45, 7) is 4.46. The Morgan fingerprint density at radius 2 is 2.29 bits per heavy atom. The molecule has 0 aromatic carbocycles. The number of aromatic nitrogens is 1. The monoisotopic (exact) mass is 250 g/mol. The lowest BCUT2D eigenvalue weighted by Crippen LogP contribution is -2.24. The molecule has 0 aliphatic rings. The maximum Gasteiger partial charge on any atom is 0.251 e. The van der Waals surface area contributed by atoms with Gasteiger partial charge in [0, 0.05) is 24.2 Å². The molecule has 0 unspecified atom stereocenters. The molecule has 0 atom stereocenters. The zero-order valence-electron chi connectivity index (χ0n) is 9.96. The van der Waals surface area contributed by atoms with Crippen LogP contribution >= 0.6 is 11.6 Å². The number of pyridine rings is 1. The standard InChI is InChI=1S/C13H15ClN2O/c1-4-5-6-15-13(17)10-7-11(9(2)3)16-12(14)8-10/h1,7-9H,5-6H2,2-3H3,(H,15,17). The van der Waals surface area contributed by atoms with Gasteiger partial charge in [0.2, 0.25) is 0 Å². The fourth-order valence-electron chi connectivity index (χ4n) is 1.29. The lowest BCUT2D eigenvalue weighted by Gasteiger charge is -2.08. The SMILES string of the molecule is C#CCCNC(=O)c1cc(Cl)nc(C(C)C)c1. The molecule has 0 spiro atoms. The predicted molar refractivity (Wildman–Crippen MR) is 69.1 cm³/mol. The Hall–Kier alpha value is -1.53. The summed E-state index contributed by atoms with van der Waals surface area (Å²) in [4.78, 5) is 15.9. The second-order valence-corrected chi connectivity index (χ2v) is 4.36. The number of hydrogen-bond donors (Lipinski definition) is 1. The first kappa shape index (κ1) is 13.5. The van der Waals surface area contributed by atoms with Crippen LogP contribution in [0.2, 0.25) is 5.15 Å². The fourth-order valence-corrected chi connectivity index (χ4v) is 1.51. The molecule has 4 heteroatoms. The normalized spacial score (nSPS) is 10.1. The molecule has 0 aliphatic heterocycles. The summed E-state index contributed by atoms with van der Waals surface area (Å²) < 4.78 is 0. The maximum absolute atomic E-state index is 11.8. The van der Waals surface area contributed by atoms with E-state index in [1.165, 1.54) is 0 Å². The smallest absolute Gasteiger partial charge is 0.251 e. The molecule has 3 nitrogen and oxygen atoms in total. The van der Waals surface area contributed by atoms with Gasteiger partial charge in [0.1, 0.15) is 5.15 Å². The van der Waals surface area contributed by atoms with Gasteiger partial charge in [-0.1, -0.05) is 25.4 Å². The Bertz CT molecular complexity index is 449. The number of terminal acetylenes is 1. The van der Waals surface area contributed by atoms with Crippen molar-refractivity contribution in [3.8, 4) is 12.3 Å². The minimum atomic E-state index is -0.175. The van der Waals surface area contributed by atoms with Gasteiger partial charge in [0.25, 0.3) is 5.91 Å². The van der Waals surface area contributed by atoms with Crippen LogP contribution in [0.1, 0.15) is 42.2 Å². The fraction of sp³-hybridized carbons (Fsp3) is 0.385. The van der Waals surface area contributed by atoms with Crippen molar-refractivity contribution in [3.05, 3.63) is 28.5 Å².